The summed E-state index contributed by atoms with van der Waals surface area (Å²) in [5.74, 6) is 0. The summed E-state index contributed by atoms with van der Waals surface area (Å²) < 4.78 is 0. The van der Waals surface area contributed by atoms with Crippen molar-refractivity contribution in [2.45, 2.75) is 6.54 Å². The van der Waals surface area contributed by atoms with Gasteiger partial charge in [-0.3, -0.25) is 15.1 Å². The van der Waals surface area contributed by atoms with E-state index < -0.39 is 4.92 Å². The molecule has 0 aliphatic heterocycles. The van der Waals surface area contributed by atoms with Crippen LogP contribution in [0.4, 0.5) is 11.4 Å². The van der Waals surface area contributed by atoms with E-state index in [-0.39, 0.29) is 5.69 Å². The molecule has 0 unspecified atom stereocenters. The first-order chi connectivity index (χ1) is 10.2. The van der Waals surface area contributed by atoms with Gasteiger partial charge in [-0.05, 0) is 17.7 Å². The fourth-order valence-electron chi connectivity index (χ4n) is 2.18. The monoisotopic (exact) mass is 279 g/mol. The number of para-hydroxylation sites is 1. The zero-order chi connectivity index (χ0) is 14.7. The van der Waals surface area contributed by atoms with Gasteiger partial charge in [-0.1, -0.05) is 30.3 Å². The largest absolute Gasteiger partial charge is 0.380 e. The lowest BCUT2D eigenvalue weighted by Gasteiger charge is -2.09. The molecule has 0 radical (unpaired) electrons. The SMILES string of the molecule is O=[N+]([O-])c1ccc(CNc2ccnc3ccccc23)cc1. The van der Waals surface area contributed by atoms with Gasteiger partial charge in [-0.15, -0.1) is 0 Å². The number of nitro groups is 1. The lowest BCUT2D eigenvalue weighted by Crippen LogP contribution is -2.00. The highest BCUT2D eigenvalue weighted by Gasteiger charge is 2.04. The third-order valence-corrected chi connectivity index (χ3v) is 3.28. The van der Waals surface area contributed by atoms with Crippen LogP contribution in [0.25, 0.3) is 10.9 Å². The van der Waals surface area contributed by atoms with Gasteiger partial charge in [0.2, 0.25) is 0 Å². The van der Waals surface area contributed by atoms with Crippen LogP contribution in [-0.2, 0) is 6.54 Å². The molecule has 3 rings (SSSR count). The van der Waals surface area contributed by atoms with Gasteiger partial charge in [0.25, 0.3) is 5.69 Å². The molecule has 0 aliphatic rings. The Hall–Kier alpha value is -2.95. The van der Waals surface area contributed by atoms with Gasteiger partial charge in [0.1, 0.15) is 0 Å². The lowest BCUT2D eigenvalue weighted by molar-refractivity contribution is -0.384. The van der Waals surface area contributed by atoms with Gasteiger partial charge < -0.3 is 5.32 Å². The van der Waals surface area contributed by atoms with E-state index in [4.69, 9.17) is 0 Å². The number of hydrogen-bond donors (Lipinski definition) is 1. The van der Waals surface area contributed by atoms with E-state index in [0.29, 0.717) is 6.54 Å². The summed E-state index contributed by atoms with van der Waals surface area (Å²) in [6, 6.07) is 16.4. The number of nitrogens with one attached hydrogen (secondary N) is 1. The standard InChI is InChI=1S/C16H13N3O2/c20-19(21)13-7-5-12(6-8-13)11-18-16-9-10-17-15-4-2-1-3-14(15)16/h1-10H,11H2,(H,17,18). The third-order valence-electron chi connectivity index (χ3n) is 3.28. The summed E-state index contributed by atoms with van der Waals surface area (Å²) in [7, 11) is 0. The highest BCUT2D eigenvalue weighted by atomic mass is 16.6. The average Bonchev–Trinajstić information content (AvgIpc) is 2.53. The Morgan fingerprint density at radius 1 is 1.05 bits per heavy atom. The third kappa shape index (κ3) is 2.81. The van der Waals surface area contributed by atoms with E-state index in [0.717, 1.165) is 22.2 Å². The van der Waals surface area contributed by atoms with Crippen LogP contribution in [0.2, 0.25) is 0 Å². The molecule has 5 heteroatoms. The van der Waals surface area contributed by atoms with Crippen LogP contribution in [0.15, 0.2) is 60.8 Å². The van der Waals surface area contributed by atoms with Crippen molar-refractivity contribution >= 4 is 22.3 Å². The number of non-ortho nitro benzene ring substituents is 1. The molecule has 3 aromatic rings. The maximum absolute atomic E-state index is 10.6. The molecule has 0 fully saturated rings. The number of benzene rings is 2. The van der Waals surface area contributed by atoms with Gasteiger partial charge >= 0.3 is 0 Å². The highest BCUT2D eigenvalue weighted by molar-refractivity contribution is 5.90. The molecular formula is C16H13N3O2. The number of pyridine rings is 1. The summed E-state index contributed by atoms with van der Waals surface area (Å²) in [4.78, 5) is 14.5. The first kappa shape index (κ1) is 13.1. The minimum Gasteiger partial charge on any atom is -0.380 e. The Bertz CT molecular complexity index is 780. The lowest BCUT2D eigenvalue weighted by atomic mass is 10.1. The van der Waals surface area contributed by atoms with E-state index in [2.05, 4.69) is 10.3 Å². The molecule has 0 saturated heterocycles. The fourth-order valence-corrected chi connectivity index (χ4v) is 2.18. The molecule has 1 N–H and O–H groups in total. The molecule has 0 spiro atoms. The summed E-state index contributed by atoms with van der Waals surface area (Å²) in [5, 5.41) is 15.0. The first-order valence-corrected chi connectivity index (χ1v) is 6.55. The van der Waals surface area contributed by atoms with Crippen LogP contribution in [0, 0.1) is 10.1 Å². The Balaban J connectivity index is 1.79. The molecule has 0 saturated carbocycles. The smallest absolute Gasteiger partial charge is 0.269 e. The second kappa shape index (κ2) is 5.58. The predicted octanol–water partition coefficient (Wildman–Crippen LogP) is 3.76. The maximum Gasteiger partial charge on any atom is 0.269 e. The quantitative estimate of drug-likeness (QED) is 0.583. The van der Waals surface area contributed by atoms with Gasteiger partial charge in [-0.2, -0.15) is 0 Å². The topological polar surface area (TPSA) is 68.1 Å². The highest BCUT2D eigenvalue weighted by Crippen LogP contribution is 2.22. The van der Waals surface area contributed by atoms with Crippen molar-refractivity contribution < 1.29 is 4.92 Å². The minimum atomic E-state index is -0.395. The minimum absolute atomic E-state index is 0.105. The van der Waals surface area contributed by atoms with Crippen molar-refractivity contribution in [3.8, 4) is 0 Å². The van der Waals surface area contributed by atoms with Gasteiger partial charge in [0.05, 0.1) is 10.4 Å². The summed E-state index contributed by atoms with van der Waals surface area (Å²) in [6.45, 7) is 0.603. The maximum atomic E-state index is 10.6. The van der Waals surface area contributed by atoms with E-state index in [1.165, 1.54) is 12.1 Å². The molecule has 0 aliphatic carbocycles. The van der Waals surface area contributed by atoms with Gasteiger partial charge in [0, 0.05) is 35.9 Å². The molecule has 5 nitrogen and oxygen atoms in total. The Kier molecular flexibility index (Phi) is 3.47. The van der Waals surface area contributed by atoms with E-state index in [9.17, 15) is 10.1 Å². The van der Waals surface area contributed by atoms with Crippen LogP contribution < -0.4 is 5.32 Å². The summed E-state index contributed by atoms with van der Waals surface area (Å²) >= 11 is 0. The Labute approximate surface area is 121 Å². The summed E-state index contributed by atoms with van der Waals surface area (Å²) in [6.07, 6.45) is 1.76. The average molecular weight is 279 g/mol. The van der Waals surface area contributed by atoms with Crippen LogP contribution in [0.3, 0.4) is 0 Å². The van der Waals surface area contributed by atoms with Gasteiger partial charge in [-0.25, -0.2) is 0 Å². The van der Waals surface area contributed by atoms with Crippen LogP contribution in [0.5, 0.6) is 0 Å². The molecule has 2 aromatic carbocycles. The van der Waals surface area contributed by atoms with Gasteiger partial charge in [0.15, 0.2) is 0 Å². The zero-order valence-electron chi connectivity index (χ0n) is 11.2. The van der Waals surface area contributed by atoms with Crippen molar-refractivity contribution in [2.24, 2.45) is 0 Å². The molecular weight excluding hydrogens is 266 g/mol. The van der Waals surface area contributed by atoms with E-state index in [1.54, 1.807) is 18.3 Å². The normalized spacial score (nSPS) is 10.5. The molecule has 21 heavy (non-hydrogen) atoms. The summed E-state index contributed by atoms with van der Waals surface area (Å²) in [5.41, 5.74) is 3.03. The second-order valence-electron chi connectivity index (χ2n) is 4.65. The number of hydrogen-bond acceptors (Lipinski definition) is 4. The molecule has 104 valence electrons. The van der Waals surface area contributed by atoms with E-state index >= 15 is 0 Å². The number of rotatable bonds is 4. The Morgan fingerprint density at radius 2 is 1.81 bits per heavy atom. The fraction of sp³-hybridized carbons (Fsp3) is 0.0625. The number of aromatic nitrogens is 1. The number of nitro benzene ring substituents is 1. The van der Waals surface area contributed by atoms with Crippen molar-refractivity contribution in [3.05, 3.63) is 76.5 Å². The number of nitrogens with zero attached hydrogens (tertiary/aromatic N) is 2. The molecule has 0 atom stereocenters. The molecule has 0 bridgehead atoms. The Morgan fingerprint density at radius 3 is 2.57 bits per heavy atom. The second-order valence-corrected chi connectivity index (χ2v) is 4.65. The zero-order valence-corrected chi connectivity index (χ0v) is 11.2. The van der Waals surface area contributed by atoms with Crippen LogP contribution in [0.1, 0.15) is 5.56 Å². The molecule has 1 heterocycles. The van der Waals surface area contributed by atoms with Crippen molar-refractivity contribution in [1.29, 1.82) is 0 Å². The van der Waals surface area contributed by atoms with E-state index in [1.807, 2.05) is 30.3 Å². The predicted molar refractivity (Wildman–Crippen MR) is 82.2 cm³/mol. The number of anilines is 1. The van der Waals surface area contributed by atoms with Crippen LogP contribution in [-0.4, -0.2) is 9.91 Å². The van der Waals surface area contributed by atoms with Crippen molar-refractivity contribution in [3.63, 3.8) is 0 Å². The first-order valence-electron chi connectivity index (χ1n) is 6.55. The molecule has 1 aromatic heterocycles. The molecule has 0 amide bonds. The van der Waals surface area contributed by atoms with Crippen LogP contribution >= 0.6 is 0 Å². The number of fused-ring (bicyclic) bond motifs is 1. The van der Waals surface area contributed by atoms with Crippen molar-refractivity contribution in [2.75, 3.05) is 5.32 Å². The van der Waals surface area contributed by atoms with Crippen molar-refractivity contribution in [1.82, 2.24) is 4.98 Å².